The molecule has 0 spiro atoms. The number of nitrogens with zero attached hydrogens (tertiary/aromatic N) is 1. The Morgan fingerprint density at radius 1 is 1.15 bits per heavy atom. The Hall–Kier alpha value is -3.32. The van der Waals surface area contributed by atoms with Gasteiger partial charge in [-0.15, -0.1) is 0 Å². The molecule has 7 nitrogen and oxygen atoms in total. The number of hydrogen-bond acceptors (Lipinski definition) is 5. The number of amides is 1. The van der Waals surface area contributed by atoms with Gasteiger partial charge in [0.1, 0.15) is 0 Å². The van der Waals surface area contributed by atoms with Crippen LogP contribution in [-0.2, 0) is 6.54 Å². The fraction of sp³-hybridized carbons (Fsp3) is 0.0556. The zero-order valence-electron chi connectivity index (χ0n) is 13.4. The van der Waals surface area contributed by atoms with Crippen molar-refractivity contribution in [3.8, 4) is 0 Å². The molecule has 0 fully saturated rings. The maximum atomic E-state index is 12.0. The summed E-state index contributed by atoms with van der Waals surface area (Å²) in [6.07, 6.45) is 1.43. The van der Waals surface area contributed by atoms with Gasteiger partial charge >= 0.3 is 0 Å². The van der Waals surface area contributed by atoms with Crippen molar-refractivity contribution in [2.75, 3.05) is 10.6 Å². The number of rotatable bonds is 6. The van der Waals surface area contributed by atoms with E-state index in [1.807, 2.05) is 18.2 Å². The van der Waals surface area contributed by atoms with Gasteiger partial charge in [0.2, 0.25) is 0 Å². The van der Waals surface area contributed by atoms with Crippen molar-refractivity contribution in [3.63, 3.8) is 0 Å². The first-order valence-corrected chi connectivity index (χ1v) is 8.02. The van der Waals surface area contributed by atoms with E-state index in [4.69, 9.17) is 16.0 Å². The van der Waals surface area contributed by atoms with Gasteiger partial charge in [-0.2, -0.15) is 0 Å². The molecule has 8 heteroatoms. The second-order valence-corrected chi connectivity index (χ2v) is 5.81. The predicted octanol–water partition coefficient (Wildman–Crippen LogP) is 4.71. The number of nitro benzene ring substituents is 1. The Bertz CT molecular complexity index is 941. The van der Waals surface area contributed by atoms with Crippen LogP contribution in [0, 0.1) is 10.1 Å². The van der Waals surface area contributed by atoms with Crippen LogP contribution in [0.4, 0.5) is 17.1 Å². The van der Waals surface area contributed by atoms with Crippen LogP contribution < -0.4 is 10.6 Å². The van der Waals surface area contributed by atoms with Crippen LogP contribution in [0.25, 0.3) is 0 Å². The number of hydrogen-bond donors (Lipinski definition) is 2. The van der Waals surface area contributed by atoms with E-state index in [2.05, 4.69) is 10.6 Å². The number of anilines is 2. The Morgan fingerprint density at radius 2 is 2.00 bits per heavy atom. The Kier molecular flexibility index (Phi) is 5.19. The van der Waals surface area contributed by atoms with Crippen molar-refractivity contribution < 1.29 is 14.1 Å². The molecule has 0 aliphatic heterocycles. The van der Waals surface area contributed by atoms with Crippen LogP contribution in [0.1, 0.15) is 16.1 Å². The molecule has 132 valence electrons. The SMILES string of the molecule is O=C(Nc1cccc(CNc2ccc([N+](=O)[O-])cc2Cl)c1)c1ccco1. The van der Waals surface area contributed by atoms with Crippen LogP contribution in [0.2, 0.25) is 5.02 Å². The number of non-ortho nitro benzene ring substituents is 1. The smallest absolute Gasteiger partial charge is 0.291 e. The lowest BCUT2D eigenvalue weighted by Gasteiger charge is -2.10. The van der Waals surface area contributed by atoms with Gasteiger partial charge < -0.3 is 15.1 Å². The van der Waals surface area contributed by atoms with Crippen LogP contribution >= 0.6 is 11.6 Å². The van der Waals surface area contributed by atoms with Crippen LogP contribution in [-0.4, -0.2) is 10.8 Å². The molecule has 3 rings (SSSR count). The maximum Gasteiger partial charge on any atom is 0.291 e. The third-order valence-corrected chi connectivity index (χ3v) is 3.89. The van der Waals surface area contributed by atoms with E-state index in [9.17, 15) is 14.9 Å². The topological polar surface area (TPSA) is 97.4 Å². The Morgan fingerprint density at radius 3 is 2.69 bits per heavy atom. The summed E-state index contributed by atoms with van der Waals surface area (Å²) in [7, 11) is 0. The first kappa shape index (κ1) is 17.5. The monoisotopic (exact) mass is 371 g/mol. The van der Waals surface area contributed by atoms with E-state index in [0.29, 0.717) is 17.9 Å². The number of carbonyl (C=O) groups is 1. The highest BCUT2D eigenvalue weighted by atomic mass is 35.5. The van der Waals surface area contributed by atoms with Gasteiger partial charge in [-0.05, 0) is 35.9 Å². The van der Waals surface area contributed by atoms with E-state index in [1.54, 1.807) is 24.3 Å². The van der Waals surface area contributed by atoms with E-state index in [1.165, 1.54) is 18.4 Å². The fourth-order valence-electron chi connectivity index (χ4n) is 2.32. The normalized spacial score (nSPS) is 10.3. The molecule has 1 heterocycles. The summed E-state index contributed by atoms with van der Waals surface area (Å²) in [5, 5.41) is 16.9. The molecule has 1 aromatic heterocycles. The summed E-state index contributed by atoms with van der Waals surface area (Å²) in [5.74, 6) is -0.107. The number of carbonyl (C=O) groups excluding carboxylic acids is 1. The van der Waals surface area contributed by atoms with Crippen molar-refractivity contribution in [1.82, 2.24) is 0 Å². The van der Waals surface area contributed by atoms with Crippen molar-refractivity contribution >= 4 is 34.6 Å². The highest BCUT2D eigenvalue weighted by molar-refractivity contribution is 6.33. The van der Waals surface area contributed by atoms with Gasteiger partial charge in [-0.3, -0.25) is 14.9 Å². The zero-order valence-corrected chi connectivity index (χ0v) is 14.2. The zero-order chi connectivity index (χ0) is 18.5. The van der Waals surface area contributed by atoms with Crippen LogP contribution in [0.5, 0.6) is 0 Å². The molecule has 0 aliphatic carbocycles. The molecule has 0 bridgehead atoms. The summed E-state index contributed by atoms with van der Waals surface area (Å²) in [5.41, 5.74) is 2.04. The molecule has 0 aliphatic rings. The van der Waals surface area contributed by atoms with Crippen molar-refractivity contribution in [1.29, 1.82) is 0 Å². The Balaban J connectivity index is 1.66. The van der Waals surface area contributed by atoms with Crippen molar-refractivity contribution in [2.45, 2.75) is 6.54 Å². The summed E-state index contributed by atoms with van der Waals surface area (Å²) < 4.78 is 5.06. The van der Waals surface area contributed by atoms with Crippen molar-refractivity contribution in [3.05, 3.63) is 87.3 Å². The molecule has 0 atom stereocenters. The van der Waals surface area contributed by atoms with Gasteiger partial charge in [-0.1, -0.05) is 23.7 Å². The minimum Gasteiger partial charge on any atom is -0.459 e. The molecule has 2 aromatic carbocycles. The lowest BCUT2D eigenvalue weighted by Crippen LogP contribution is -2.11. The Labute approximate surface area is 153 Å². The quantitative estimate of drug-likeness (QED) is 0.483. The summed E-state index contributed by atoms with van der Waals surface area (Å²) >= 11 is 6.06. The third kappa shape index (κ3) is 4.20. The van der Waals surface area contributed by atoms with Gasteiger partial charge in [-0.25, -0.2) is 0 Å². The van der Waals surface area contributed by atoms with E-state index < -0.39 is 4.92 Å². The molecule has 0 radical (unpaired) electrons. The lowest BCUT2D eigenvalue weighted by atomic mass is 10.2. The lowest BCUT2D eigenvalue weighted by molar-refractivity contribution is -0.384. The number of furan rings is 1. The molecule has 1 amide bonds. The van der Waals surface area contributed by atoms with E-state index in [-0.39, 0.29) is 22.4 Å². The van der Waals surface area contributed by atoms with Gasteiger partial charge in [0.05, 0.1) is 21.9 Å². The summed E-state index contributed by atoms with van der Waals surface area (Å²) in [6, 6.07) is 14.7. The largest absolute Gasteiger partial charge is 0.459 e. The molecule has 0 saturated heterocycles. The van der Waals surface area contributed by atoms with Crippen LogP contribution in [0.3, 0.4) is 0 Å². The highest BCUT2D eigenvalue weighted by Gasteiger charge is 2.10. The molecule has 0 unspecified atom stereocenters. The molecule has 0 saturated carbocycles. The van der Waals surface area contributed by atoms with Crippen molar-refractivity contribution in [2.24, 2.45) is 0 Å². The fourth-order valence-corrected chi connectivity index (χ4v) is 2.56. The third-order valence-electron chi connectivity index (χ3n) is 3.58. The average molecular weight is 372 g/mol. The standard InChI is InChI=1S/C18H14ClN3O4/c19-15-10-14(22(24)25)6-7-16(15)20-11-12-3-1-4-13(9-12)21-18(23)17-5-2-8-26-17/h1-10,20H,11H2,(H,21,23). The summed E-state index contributed by atoms with van der Waals surface area (Å²) in [6.45, 7) is 0.433. The molecule has 2 N–H and O–H groups in total. The second kappa shape index (κ2) is 7.71. The predicted molar refractivity (Wildman–Crippen MR) is 98.5 cm³/mol. The van der Waals surface area contributed by atoms with Gasteiger partial charge in [0.15, 0.2) is 5.76 Å². The molecule has 26 heavy (non-hydrogen) atoms. The average Bonchev–Trinajstić information content (AvgIpc) is 3.15. The highest BCUT2D eigenvalue weighted by Crippen LogP contribution is 2.27. The summed E-state index contributed by atoms with van der Waals surface area (Å²) in [4.78, 5) is 22.2. The first-order chi connectivity index (χ1) is 12.5. The molecule has 3 aromatic rings. The first-order valence-electron chi connectivity index (χ1n) is 7.64. The molecular weight excluding hydrogens is 358 g/mol. The molecular formula is C18H14ClN3O4. The van der Waals surface area contributed by atoms with Crippen LogP contribution in [0.15, 0.2) is 65.3 Å². The van der Waals surface area contributed by atoms with Gasteiger partial charge in [0, 0.05) is 24.4 Å². The minimum atomic E-state index is -0.499. The van der Waals surface area contributed by atoms with Gasteiger partial charge in [0.25, 0.3) is 11.6 Å². The van der Waals surface area contributed by atoms with E-state index >= 15 is 0 Å². The minimum absolute atomic E-state index is 0.0665. The number of benzene rings is 2. The second-order valence-electron chi connectivity index (χ2n) is 5.41. The van der Waals surface area contributed by atoms with E-state index in [0.717, 1.165) is 5.56 Å². The maximum absolute atomic E-state index is 12.0. The number of nitrogens with one attached hydrogen (secondary N) is 2. The number of halogens is 1. The number of nitro groups is 1.